The lowest BCUT2D eigenvalue weighted by atomic mass is 10.00. The average Bonchev–Trinajstić information content (AvgIpc) is 2.99. The van der Waals surface area contributed by atoms with Gasteiger partial charge in [-0.3, -0.25) is 4.79 Å². The van der Waals surface area contributed by atoms with Gasteiger partial charge in [0.05, 0.1) is 17.1 Å². The van der Waals surface area contributed by atoms with Crippen molar-refractivity contribution in [2.24, 2.45) is 0 Å². The summed E-state index contributed by atoms with van der Waals surface area (Å²) >= 11 is 0. The highest BCUT2D eigenvalue weighted by Gasteiger charge is 2.29. The number of carbonyl (C=O) groups is 2. The molecule has 142 valence electrons. The molecule has 0 saturated carbocycles. The summed E-state index contributed by atoms with van der Waals surface area (Å²) in [6.45, 7) is -0.435. The average molecular weight is 387 g/mol. The molecule has 7 heteroatoms. The molecule has 2 aromatic carbocycles. The summed E-state index contributed by atoms with van der Waals surface area (Å²) in [6, 6.07) is 16.5. The third kappa shape index (κ3) is 5.40. The lowest BCUT2D eigenvalue weighted by molar-refractivity contribution is -0.124. The summed E-state index contributed by atoms with van der Waals surface area (Å²) < 4.78 is 28.0. The zero-order valence-electron chi connectivity index (χ0n) is 14.8. The Morgan fingerprint density at radius 3 is 2.44 bits per heavy atom. The first-order chi connectivity index (χ1) is 12.9. The lowest BCUT2D eigenvalue weighted by Crippen LogP contribution is -2.38. The topological polar surface area (TPSA) is 89.5 Å². The van der Waals surface area contributed by atoms with Gasteiger partial charge in [-0.2, -0.15) is 0 Å². The van der Waals surface area contributed by atoms with Crippen LogP contribution >= 0.6 is 0 Å². The maximum atomic E-state index is 12.4. The van der Waals surface area contributed by atoms with Crippen LogP contribution in [-0.4, -0.2) is 44.4 Å². The van der Waals surface area contributed by atoms with Gasteiger partial charge < -0.3 is 10.1 Å². The van der Waals surface area contributed by atoms with Gasteiger partial charge in [-0.05, 0) is 30.0 Å². The van der Waals surface area contributed by atoms with Crippen LogP contribution in [0.5, 0.6) is 0 Å². The van der Waals surface area contributed by atoms with Gasteiger partial charge in [0.2, 0.25) is 0 Å². The molecule has 2 aromatic rings. The van der Waals surface area contributed by atoms with E-state index in [2.05, 4.69) is 5.32 Å². The second kappa shape index (κ2) is 8.35. The van der Waals surface area contributed by atoms with Gasteiger partial charge in [-0.25, -0.2) is 13.2 Å². The predicted octanol–water partition coefficient (Wildman–Crippen LogP) is 1.74. The maximum absolute atomic E-state index is 12.4. The van der Waals surface area contributed by atoms with E-state index in [9.17, 15) is 18.0 Å². The molecule has 0 radical (unpaired) electrons. The summed E-state index contributed by atoms with van der Waals surface area (Å²) in [4.78, 5) is 24.3. The van der Waals surface area contributed by atoms with E-state index in [1.807, 2.05) is 42.5 Å². The Morgan fingerprint density at radius 2 is 1.74 bits per heavy atom. The number of sulfone groups is 1. The molecule has 0 unspecified atom stereocenters. The Balaban J connectivity index is 1.57. The van der Waals surface area contributed by atoms with E-state index < -0.39 is 34.4 Å². The van der Waals surface area contributed by atoms with Crippen molar-refractivity contribution in [2.45, 2.75) is 18.9 Å². The van der Waals surface area contributed by atoms with Gasteiger partial charge in [-0.1, -0.05) is 48.5 Å². The number of carbonyl (C=O) groups excluding carboxylic acids is 2. The van der Waals surface area contributed by atoms with Crippen LogP contribution in [0.3, 0.4) is 0 Å². The number of ether oxygens (including phenoxy) is 1. The minimum absolute atomic E-state index is 0.0629. The molecular weight excluding hydrogens is 366 g/mol. The van der Waals surface area contributed by atoms with Gasteiger partial charge in [0, 0.05) is 6.04 Å². The SMILES string of the molecule is O=C(COC(=O)c1ccccc1Cc1ccccc1)N[C@H]1CCS(=O)(=O)C1. The highest BCUT2D eigenvalue weighted by Crippen LogP contribution is 2.16. The van der Waals surface area contributed by atoms with Crippen molar-refractivity contribution in [3.8, 4) is 0 Å². The summed E-state index contributed by atoms with van der Waals surface area (Å²) in [5.74, 6) is -1.06. The van der Waals surface area contributed by atoms with Crippen molar-refractivity contribution in [1.29, 1.82) is 0 Å². The first-order valence-electron chi connectivity index (χ1n) is 8.72. The van der Waals surface area contributed by atoms with Gasteiger partial charge in [-0.15, -0.1) is 0 Å². The van der Waals surface area contributed by atoms with Gasteiger partial charge in [0.1, 0.15) is 0 Å². The van der Waals surface area contributed by atoms with Crippen molar-refractivity contribution < 1.29 is 22.7 Å². The number of rotatable bonds is 6. The fourth-order valence-electron chi connectivity index (χ4n) is 3.08. The quantitative estimate of drug-likeness (QED) is 0.763. The molecule has 1 heterocycles. The van der Waals surface area contributed by atoms with E-state index >= 15 is 0 Å². The van der Waals surface area contributed by atoms with Gasteiger partial charge in [0.15, 0.2) is 16.4 Å². The van der Waals surface area contributed by atoms with Crippen molar-refractivity contribution in [1.82, 2.24) is 5.32 Å². The maximum Gasteiger partial charge on any atom is 0.338 e. The van der Waals surface area contributed by atoms with Crippen LogP contribution in [0.2, 0.25) is 0 Å². The molecule has 3 rings (SSSR count). The first-order valence-corrected chi connectivity index (χ1v) is 10.5. The molecule has 1 aliphatic rings. The van der Waals surface area contributed by atoms with E-state index in [-0.39, 0.29) is 11.5 Å². The Hall–Kier alpha value is -2.67. The molecular formula is C20H21NO5S. The zero-order valence-corrected chi connectivity index (χ0v) is 15.6. The fraction of sp³-hybridized carbons (Fsp3) is 0.300. The van der Waals surface area contributed by atoms with Crippen LogP contribution in [0.1, 0.15) is 27.9 Å². The number of hydrogen-bond acceptors (Lipinski definition) is 5. The Labute approximate surface area is 158 Å². The highest BCUT2D eigenvalue weighted by atomic mass is 32.2. The minimum Gasteiger partial charge on any atom is -0.452 e. The molecule has 6 nitrogen and oxygen atoms in total. The number of hydrogen-bond donors (Lipinski definition) is 1. The number of benzene rings is 2. The molecule has 1 fully saturated rings. The number of esters is 1. The van der Waals surface area contributed by atoms with E-state index in [0.29, 0.717) is 18.4 Å². The second-order valence-corrected chi connectivity index (χ2v) is 8.79. The van der Waals surface area contributed by atoms with Gasteiger partial charge in [0.25, 0.3) is 5.91 Å². The van der Waals surface area contributed by atoms with Crippen LogP contribution in [0.25, 0.3) is 0 Å². The summed E-state index contributed by atoms with van der Waals surface area (Å²) in [6.07, 6.45) is 0.972. The first kappa shape index (κ1) is 19.1. The fourth-order valence-corrected chi connectivity index (χ4v) is 4.75. The Bertz CT molecular complexity index is 924. The van der Waals surface area contributed by atoms with Crippen molar-refractivity contribution in [3.05, 3.63) is 71.3 Å². The van der Waals surface area contributed by atoms with Crippen LogP contribution in [-0.2, 0) is 25.8 Å². The van der Waals surface area contributed by atoms with E-state index in [1.165, 1.54) is 0 Å². The van der Waals surface area contributed by atoms with Crippen LogP contribution in [0.4, 0.5) is 0 Å². The van der Waals surface area contributed by atoms with Crippen molar-refractivity contribution in [3.63, 3.8) is 0 Å². The second-order valence-electron chi connectivity index (χ2n) is 6.56. The number of amides is 1. The molecule has 1 amide bonds. The van der Waals surface area contributed by atoms with Crippen molar-refractivity contribution in [2.75, 3.05) is 18.1 Å². The molecule has 0 bridgehead atoms. The predicted molar refractivity (Wildman–Crippen MR) is 101 cm³/mol. The third-order valence-electron chi connectivity index (χ3n) is 4.41. The smallest absolute Gasteiger partial charge is 0.338 e. The van der Waals surface area contributed by atoms with Crippen LogP contribution in [0, 0.1) is 0 Å². The molecule has 0 aliphatic carbocycles. The van der Waals surface area contributed by atoms with Crippen LogP contribution < -0.4 is 5.32 Å². The number of nitrogens with one attached hydrogen (secondary N) is 1. The lowest BCUT2D eigenvalue weighted by Gasteiger charge is -2.12. The largest absolute Gasteiger partial charge is 0.452 e. The standard InChI is InChI=1S/C20H21NO5S/c22-19(21-17-10-11-27(24,25)14-17)13-26-20(23)18-9-5-4-8-16(18)12-15-6-2-1-3-7-15/h1-9,17H,10-14H2,(H,21,22)/t17-/m0/s1. The zero-order chi connectivity index (χ0) is 19.3. The Kier molecular flexibility index (Phi) is 5.91. The van der Waals surface area contributed by atoms with Gasteiger partial charge >= 0.3 is 5.97 Å². The molecule has 1 N–H and O–H groups in total. The molecule has 1 saturated heterocycles. The minimum atomic E-state index is -3.07. The van der Waals surface area contributed by atoms with E-state index in [1.54, 1.807) is 12.1 Å². The summed E-state index contributed by atoms with van der Waals surface area (Å²) in [5.41, 5.74) is 2.30. The van der Waals surface area contributed by atoms with Crippen LogP contribution in [0.15, 0.2) is 54.6 Å². The normalized spacial score (nSPS) is 18.0. The van der Waals surface area contributed by atoms with E-state index in [4.69, 9.17) is 4.74 Å². The molecule has 1 atom stereocenters. The molecule has 27 heavy (non-hydrogen) atoms. The summed E-state index contributed by atoms with van der Waals surface area (Å²) in [5, 5.41) is 2.60. The molecule has 1 aliphatic heterocycles. The Morgan fingerprint density at radius 1 is 1.04 bits per heavy atom. The third-order valence-corrected chi connectivity index (χ3v) is 6.17. The van der Waals surface area contributed by atoms with Crippen molar-refractivity contribution >= 4 is 21.7 Å². The highest BCUT2D eigenvalue weighted by molar-refractivity contribution is 7.91. The molecule has 0 spiro atoms. The molecule has 0 aromatic heterocycles. The summed E-state index contributed by atoms with van der Waals surface area (Å²) in [7, 11) is -3.07. The van der Waals surface area contributed by atoms with E-state index in [0.717, 1.165) is 11.1 Å². The monoisotopic (exact) mass is 387 g/mol.